The van der Waals surface area contributed by atoms with E-state index in [1.54, 1.807) is 49.6 Å². The molecule has 0 aliphatic heterocycles. The number of ether oxygens (including phenoxy) is 1. The highest BCUT2D eigenvalue weighted by Crippen LogP contribution is 2.24. The summed E-state index contributed by atoms with van der Waals surface area (Å²) in [6.45, 7) is 0. The number of rotatable bonds is 3. The molecular formula is C14H13ClN2O2. The van der Waals surface area contributed by atoms with Crippen LogP contribution in [0.1, 0.15) is 10.4 Å². The number of nitrogens with one attached hydrogen (secondary N) is 1. The summed E-state index contributed by atoms with van der Waals surface area (Å²) in [6, 6.07) is 11.7. The summed E-state index contributed by atoms with van der Waals surface area (Å²) in [7, 11) is 1.57. The molecule has 0 aliphatic rings. The maximum Gasteiger partial charge on any atom is 0.255 e. The maximum absolute atomic E-state index is 12.0. The van der Waals surface area contributed by atoms with Gasteiger partial charge in [-0.3, -0.25) is 4.79 Å². The topological polar surface area (TPSA) is 64.3 Å². The Morgan fingerprint density at radius 3 is 2.47 bits per heavy atom. The van der Waals surface area contributed by atoms with Gasteiger partial charge in [0.25, 0.3) is 5.91 Å². The van der Waals surface area contributed by atoms with E-state index in [-0.39, 0.29) is 5.91 Å². The SMILES string of the molecule is COc1ccc(C(=O)Nc2ccc(N)cc2Cl)cc1. The minimum absolute atomic E-state index is 0.241. The second-order valence-electron chi connectivity index (χ2n) is 3.92. The number of benzene rings is 2. The number of hydrogen-bond donors (Lipinski definition) is 2. The summed E-state index contributed by atoms with van der Waals surface area (Å²) in [5.74, 6) is 0.455. The second-order valence-corrected chi connectivity index (χ2v) is 4.33. The molecule has 2 aromatic rings. The molecule has 98 valence electrons. The van der Waals surface area contributed by atoms with Crippen LogP contribution in [-0.2, 0) is 0 Å². The first-order valence-corrected chi connectivity index (χ1v) is 5.98. The van der Waals surface area contributed by atoms with Crippen LogP contribution in [0, 0.1) is 0 Å². The molecule has 2 aromatic carbocycles. The number of carbonyl (C=O) groups excluding carboxylic acids is 1. The zero-order valence-corrected chi connectivity index (χ0v) is 11.1. The van der Waals surface area contributed by atoms with E-state index >= 15 is 0 Å². The highest BCUT2D eigenvalue weighted by atomic mass is 35.5. The third-order valence-corrected chi connectivity index (χ3v) is 2.91. The predicted molar refractivity (Wildman–Crippen MR) is 76.8 cm³/mol. The van der Waals surface area contributed by atoms with E-state index in [1.807, 2.05) is 0 Å². The molecule has 0 unspecified atom stereocenters. The quantitative estimate of drug-likeness (QED) is 0.846. The summed E-state index contributed by atoms with van der Waals surface area (Å²) < 4.78 is 5.03. The monoisotopic (exact) mass is 276 g/mol. The van der Waals surface area contributed by atoms with Crippen LogP contribution in [0.25, 0.3) is 0 Å². The van der Waals surface area contributed by atoms with Gasteiger partial charge in [0.05, 0.1) is 17.8 Å². The number of halogens is 1. The molecule has 0 radical (unpaired) electrons. The van der Waals surface area contributed by atoms with Crippen molar-refractivity contribution in [2.45, 2.75) is 0 Å². The van der Waals surface area contributed by atoms with Gasteiger partial charge in [-0.15, -0.1) is 0 Å². The lowest BCUT2D eigenvalue weighted by atomic mass is 10.2. The van der Waals surface area contributed by atoms with Crippen molar-refractivity contribution >= 4 is 28.9 Å². The van der Waals surface area contributed by atoms with E-state index in [4.69, 9.17) is 22.1 Å². The summed E-state index contributed by atoms with van der Waals surface area (Å²) >= 11 is 5.99. The highest BCUT2D eigenvalue weighted by molar-refractivity contribution is 6.34. The van der Waals surface area contributed by atoms with Crippen LogP contribution >= 0.6 is 11.6 Å². The fraction of sp³-hybridized carbons (Fsp3) is 0.0714. The van der Waals surface area contributed by atoms with Crippen LogP contribution in [0.4, 0.5) is 11.4 Å². The molecule has 2 rings (SSSR count). The summed E-state index contributed by atoms with van der Waals surface area (Å²) in [5, 5.41) is 3.13. The minimum Gasteiger partial charge on any atom is -0.497 e. The highest BCUT2D eigenvalue weighted by Gasteiger charge is 2.08. The molecule has 1 amide bonds. The zero-order chi connectivity index (χ0) is 13.8. The van der Waals surface area contributed by atoms with E-state index in [2.05, 4.69) is 5.32 Å². The van der Waals surface area contributed by atoms with Gasteiger partial charge in [0, 0.05) is 11.3 Å². The molecule has 0 aromatic heterocycles. The van der Waals surface area contributed by atoms with E-state index in [0.29, 0.717) is 27.7 Å². The van der Waals surface area contributed by atoms with Gasteiger partial charge < -0.3 is 15.8 Å². The first-order valence-electron chi connectivity index (χ1n) is 5.60. The van der Waals surface area contributed by atoms with Crippen molar-refractivity contribution in [3.63, 3.8) is 0 Å². The Morgan fingerprint density at radius 1 is 1.21 bits per heavy atom. The van der Waals surface area contributed by atoms with Crippen LogP contribution in [0.2, 0.25) is 5.02 Å². The van der Waals surface area contributed by atoms with E-state index in [0.717, 1.165) is 0 Å². The van der Waals surface area contributed by atoms with Crippen molar-refractivity contribution in [2.24, 2.45) is 0 Å². The minimum atomic E-state index is -0.241. The molecule has 19 heavy (non-hydrogen) atoms. The van der Waals surface area contributed by atoms with E-state index in [9.17, 15) is 4.79 Å². The second kappa shape index (κ2) is 5.63. The Balaban J connectivity index is 2.15. The molecule has 0 atom stereocenters. The number of nitrogen functional groups attached to an aromatic ring is 1. The van der Waals surface area contributed by atoms with Gasteiger partial charge in [0.15, 0.2) is 0 Å². The third-order valence-electron chi connectivity index (χ3n) is 2.59. The fourth-order valence-electron chi connectivity index (χ4n) is 1.57. The average Bonchev–Trinajstić information content (AvgIpc) is 2.42. The van der Waals surface area contributed by atoms with Gasteiger partial charge in [-0.05, 0) is 42.5 Å². The van der Waals surface area contributed by atoms with Gasteiger partial charge in [-0.2, -0.15) is 0 Å². The van der Waals surface area contributed by atoms with Crippen molar-refractivity contribution < 1.29 is 9.53 Å². The van der Waals surface area contributed by atoms with Crippen LogP contribution < -0.4 is 15.8 Å². The van der Waals surface area contributed by atoms with Gasteiger partial charge in [0.1, 0.15) is 5.75 Å². The molecule has 0 bridgehead atoms. The Hall–Kier alpha value is -2.20. The third kappa shape index (κ3) is 3.17. The van der Waals surface area contributed by atoms with Gasteiger partial charge >= 0.3 is 0 Å². The van der Waals surface area contributed by atoms with Crippen molar-refractivity contribution in [3.05, 3.63) is 53.1 Å². The molecule has 0 saturated heterocycles. The van der Waals surface area contributed by atoms with Crippen LogP contribution in [0.15, 0.2) is 42.5 Å². The molecule has 3 N–H and O–H groups in total. The lowest BCUT2D eigenvalue weighted by molar-refractivity contribution is 0.102. The predicted octanol–water partition coefficient (Wildman–Crippen LogP) is 3.18. The summed E-state index contributed by atoms with van der Waals surface area (Å²) in [4.78, 5) is 12.0. The van der Waals surface area contributed by atoms with Crippen molar-refractivity contribution in [3.8, 4) is 5.75 Å². The molecule has 0 saturated carbocycles. The Labute approximate surface area is 116 Å². The number of nitrogens with two attached hydrogens (primary N) is 1. The summed E-state index contributed by atoms with van der Waals surface area (Å²) in [6.07, 6.45) is 0. The number of anilines is 2. The number of carbonyl (C=O) groups is 1. The Bertz CT molecular complexity index is 597. The molecular weight excluding hydrogens is 264 g/mol. The molecule has 0 heterocycles. The standard InChI is InChI=1S/C14H13ClN2O2/c1-19-11-5-2-9(3-6-11)14(18)17-13-7-4-10(16)8-12(13)15/h2-8H,16H2,1H3,(H,17,18). The molecule has 5 heteroatoms. The molecule has 0 spiro atoms. The van der Waals surface area contributed by atoms with Crippen LogP contribution in [0.3, 0.4) is 0 Å². The van der Waals surface area contributed by atoms with Crippen LogP contribution in [-0.4, -0.2) is 13.0 Å². The molecule has 0 fully saturated rings. The van der Waals surface area contributed by atoms with Crippen LogP contribution in [0.5, 0.6) is 5.75 Å². The number of methoxy groups -OCH3 is 1. The van der Waals surface area contributed by atoms with E-state index in [1.165, 1.54) is 0 Å². The lowest BCUT2D eigenvalue weighted by Crippen LogP contribution is -2.12. The first-order chi connectivity index (χ1) is 9.10. The summed E-state index contributed by atoms with van der Waals surface area (Å²) in [5.41, 5.74) is 7.19. The van der Waals surface area contributed by atoms with Crippen molar-refractivity contribution in [1.82, 2.24) is 0 Å². The largest absolute Gasteiger partial charge is 0.497 e. The first kappa shape index (κ1) is 13.2. The van der Waals surface area contributed by atoms with Gasteiger partial charge in [-0.25, -0.2) is 0 Å². The average molecular weight is 277 g/mol. The Morgan fingerprint density at radius 2 is 1.89 bits per heavy atom. The number of hydrogen-bond acceptors (Lipinski definition) is 3. The molecule has 4 nitrogen and oxygen atoms in total. The molecule has 0 aliphatic carbocycles. The number of amides is 1. The van der Waals surface area contributed by atoms with E-state index < -0.39 is 0 Å². The van der Waals surface area contributed by atoms with Gasteiger partial charge in [-0.1, -0.05) is 11.6 Å². The van der Waals surface area contributed by atoms with Gasteiger partial charge in [0.2, 0.25) is 0 Å². The lowest BCUT2D eigenvalue weighted by Gasteiger charge is -2.08. The smallest absolute Gasteiger partial charge is 0.255 e. The normalized spacial score (nSPS) is 10.0. The zero-order valence-electron chi connectivity index (χ0n) is 10.3. The van der Waals surface area contributed by atoms with Crippen molar-refractivity contribution in [2.75, 3.05) is 18.2 Å². The van der Waals surface area contributed by atoms with Crippen molar-refractivity contribution in [1.29, 1.82) is 0 Å². The fourth-order valence-corrected chi connectivity index (χ4v) is 1.81. The maximum atomic E-state index is 12.0. The Kier molecular flexibility index (Phi) is 3.92.